The molecule has 5 atom stereocenters. The average Bonchev–Trinajstić information content (AvgIpc) is 2.86. The molecule has 0 saturated carbocycles. The van der Waals surface area contributed by atoms with Gasteiger partial charge in [-0.15, -0.1) is 0 Å². The van der Waals surface area contributed by atoms with Gasteiger partial charge in [0.2, 0.25) is 0 Å². The number of ether oxygens (including phenoxy) is 1. The first kappa shape index (κ1) is 31.2. The zero-order valence-corrected chi connectivity index (χ0v) is 24.1. The highest BCUT2D eigenvalue weighted by molar-refractivity contribution is 8.00. The van der Waals surface area contributed by atoms with Gasteiger partial charge in [-0.25, -0.2) is 0 Å². The summed E-state index contributed by atoms with van der Waals surface area (Å²) in [6, 6.07) is 0. The Hall–Kier alpha value is -2.01. The molecule has 1 aliphatic carbocycles. The molecule has 0 aromatic carbocycles. The van der Waals surface area contributed by atoms with Gasteiger partial charge >= 0.3 is 0 Å². The SMILES string of the molecule is C=C(CC(O)/C=C/CC(OC(/C=C\C)=C\C)C(O)/C=C/C1=CCC=C(C)C1)CC(C)CC1CC=CCS1. The summed E-state index contributed by atoms with van der Waals surface area (Å²) < 4.78 is 6.14. The van der Waals surface area contributed by atoms with Crippen LogP contribution in [0.25, 0.3) is 0 Å². The zero-order chi connectivity index (χ0) is 27.0. The van der Waals surface area contributed by atoms with Gasteiger partial charge in [0.05, 0.1) is 6.10 Å². The Bertz CT molecular complexity index is 918. The number of hydrogen-bond donors (Lipinski definition) is 2. The summed E-state index contributed by atoms with van der Waals surface area (Å²) in [6.45, 7) is 12.5. The number of hydrogen-bond acceptors (Lipinski definition) is 4. The lowest BCUT2D eigenvalue weighted by Gasteiger charge is -2.23. The Labute approximate surface area is 230 Å². The second-order valence-electron chi connectivity index (χ2n) is 10.3. The maximum atomic E-state index is 10.9. The lowest BCUT2D eigenvalue weighted by atomic mass is 9.93. The molecule has 2 rings (SSSR count). The van der Waals surface area contributed by atoms with Crippen molar-refractivity contribution < 1.29 is 14.9 Å². The van der Waals surface area contributed by atoms with Gasteiger partial charge in [-0.3, -0.25) is 0 Å². The summed E-state index contributed by atoms with van der Waals surface area (Å²) >= 11 is 2.04. The molecule has 0 amide bonds. The molecule has 3 nitrogen and oxygen atoms in total. The van der Waals surface area contributed by atoms with Crippen LogP contribution in [0.4, 0.5) is 0 Å². The molecule has 37 heavy (non-hydrogen) atoms. The Morgan fingerprint density at radius 2 is 2.00 bits per heavy atom. The van der Waals surface area contributed by atoms with E-state index in [-0.39, 0.29) is 0 Å². The van der Waals surface area contributed by atoms with E-state index in [2.05, 4.69) is 44.7 Å². The third-order valence-corrected chi connectivity index (χ3v) is 7.88. The van der Waals surface area contributed by atoms with Gasteiger partial charge in [0.25, 0.3) is 0 Å². The van der Waals surface area contributed by atoms with Crippen molar-refractivity contribution in [3.8, 4) is 0 Å². The normalized spacial score (nSPS) is 22.2. The molecular weight excluding hydrogens is 476 g/mol. The fourth-order valence-electron chi connectivity index (χ4n) is 4.73. The molecule has 0 bridgehead atoms. The average molecular weight is 525 g/mol. The second-order valence-corrected chi connectivity index (χ2v) is 11.7. The van der Waals surface area contributed by atoms with E-state index >= 15 is 0 Å². The topological polar surface area (TPSA) is 49.7 Å². The highest BCUT2D eigenvalue weighted by atomic mass is 32.2. The van der Waals surface area contributed by atoms with Crippen molar-refractivity contribution >= 4 is 11.8 Å². The number of thioether (sulfide) groups is 1. The van der Waals surface area contributed by atoms with E-state index in [1.165, 1.54) is 17.6 Å². The number of aliphatic hydroxyl groups excluding tert-OH is 2. The molecule has 0 aromatic rings. The molecule has 1 heterocycles. The van der Waals surface area contributed by atoms with E-state index < -0.39 is 18.3 Å². The summed E-state index contributed by atoms with van der Waals surface area (Å²) in [5, 5.41) is 22.2. The van der Waals surface area contributed by atoms with Gasteiger partial charge in [0, 0.05) is 17.4 Å². The monoisotopic (exact) mass is 524 g/mol. The first-order chi connectivity index (χ1) is 17.8. The van der Waals surface area contributed by atoms with Crippen LogP contribution >= 0.6 is 11.8 Å². The predicted octanol–water partition coefficient (Wildman–Crippen LogP) is 8.17. The highest BCUT2D eigenvalue weighted by Gasteiger charge is 2.19. The molecule has 204 valence electrons. The van der Waals surface area contributed by atoms with Crippen LogP contribution in [0.1, 0.15) is 72.6 Å². The first-order valence-corrected chi connectivity index (χ1v) is 14.8. The minimum Gasteiger partial charge on any atom is -0.487 e. The third-order valence-electron chi connectivity index (χ3n) is 6.64. The maximum absolute atomic E-state index is 10.9. The van der Waals surface area contributed by atoms with Gasteiger partial charge in [0.15, 0.2) is 0 Å². The quantitative estimate of drug-likeness (QED) is 0.129. The zero-order valence-electron chi connectivity index (χ0n) is 23.3. The Balaban J connectivity index is 1.89. The van der Waals surface area contributed by atoms with E-state index in [0.717, 1.165) is 42.8 Å². The Morgan fingerprint density at radius 3 is 2.68 bits per heavy atom. The smallest absolute Gasteiger partial charge is 0.131 e. The van der Waals surface area contributed by atoms with Crippen molar-refractivity contribution in [1.82, 2.24) is 0 Å². The van der Waals surface area contributed by atoms with Crippen LogP contribution in [0.2, 0.25) is 0 Å². The van der Waals surface area contributed by atoms with Gasteiger partial charge in [-0.2, -0.15) is 11.8 Å². The fraction of sp³-hybridized carbons (Fsp3) is 0.515. The summed E-state index contributed by atoms with van der Waals surface area (Å²) in [5.41, 5.74) is 3.66. The van der Waals surface area contributed by atoms with Crippen molar-refractivity contribution in [3.05, 3.63) is 95.9 Å². The lowest BCUT2D eigenvalue weighted by Crippen LogP contribution is -2.26. The largest absolute Gasteiger partial charge is 0.487 e. The minimum atomic E-state index is -0.766. The second kappa shape index (κ2) is 17.5. The van der Waals surface area contributed by atoms with E-state index in [1.54, 1.807) is 0 Å². The van der Waals surface area contributed by atoms with E-state index in [0.29, 0.717) is 24.0 Å². The van der Waals surface area contributed by atoms with E-state index in [9.17, 15) is 10.2 Å². The standard InChI is InChI=1S/C33H48O3S/c1-6-12-30(7-2)36-33(32(35)19-18-28-14-10-13-25(3)22-28)17-11-15-29(34)23-26(4)21-27(5)24-31-16-8-9-20-37-31/h6-9,11-15,18-19,27,29,31-35H,4,10,16-17,20-24H2,1-3,5H3/b12-6-,15-11+,19-18+,30-7-. The fourth-order valence-corrected chi connectivity index (χ4v) is 5.96. The predicted molar refractivity (Wildman–Crippen MR) is 162 cm³/mol. The minimum absolute atomic E-state index is 0.451. The molecule has 0 fully saturated rings. The Kier molecular flexibility index (Phi) is 14.8. The van der Waals surface area contributed by atoms with Gasteiger partial charge < -0.3 is 14.9 Å². The summed E-state index contributed by atoms with van der Waals surface area (Å²) in [5.74, 6) is 2.41. The van der Waals surface area contributed by atoms with Crippen molar-refractivity contribution in [2.75, 3.05) is 5.75 Å². The number of aliphatic hydroxyl groups is 2. The van der Waals surface area contributed by atoms with Crippen molar-refractivity contribution in [1.29, 1.82) is 0 Å². The van der Waals surface area contributed by atoms with Crippen LogP contribution < -0.4 is 0 Å². The third kappa shape index (κ3) is 12.9. The van der Waals surface area contributed by atoms with Gasteiger partial charge in [-0.1, -0.05) is 79.3 Å². The first-order valence-electron chi connectivity index (χ1n) is 13.7. The molecular formula is C33H48O3S. The van der Waals surface area contributed by atoms with Gasteiger partial charge in [0.1, 0.15) is 18.0 Å². The highest BCUT2D eigenvalue weighted by Crippen LogP contribution is 2.29. The molecule has 4 heteroatoms. The molecule has 5 unspecified atom stereocenters. The van der Waals surface area contributed by atoms with Crippen LogP contribution in [0, 0.1) is 5.92 Å². The summed E-state index contributed by atoms with van der Waals surface area (Å²) in [4.78, 5) is 0. The molecule has 2 aliphatic rings. The van der Waals surface area contributed by atoms with Crippen LogP contribution in [-0.4, -0.2) is 39.5 Å². The van der Waals surface area contributed by atoms with Crippen LogP contribution in [0.15, 0.2) is 95.9 Å². The molecule has 1 aliphatic heterocycles. The summed E-state index contributed by atoms with van der Waals surface area (Å²) in [6.07, 6.45) is 26.7. The van der Waals surface area contributed by atoms with E-state index in [1.807, 2.05) is 68.1 Å². The van der Waals surface area contributed by atoms with Crippen molar-refractivity contribution in [2.24, 2.45) is 5.92 Å². The molecule has 2 N–H and O–H groups in total. The summed E-state index contributed by atoms with van der Waals surface area (Å²) in [7, 11) is 0. The van der Waals surface area contributed by atoms with Crippen molar-refractivity contribution in [2.45, 2.75) is 96.2 Å². The molecule has 0 radical (unpaired) electrons. The number of rotatable bonds is 15. The molecule has 0 saturated heterocycles. The Morgan fingerprint density at radius 1 is 1.19 bits per heavy atom. The number of allylic oxidation sites excluding steroid dienone is 9. The maximum Gasteiger partial charge on any atom is 0.131 e. The van der Waals surface area contributed by atoms with Gasteiger partial charge in [-0.05, 0) is 82.9 Å². The van der Waals surface area contributed by atoms with Crippen LogP contribution in [0.3, 0.4) is 0 Å². The lowest BCUT2D eigenvalue weighted by molar-refractivity contribution is 0.0273. The van der Waals surface area contributed by atoms with Crippen molar-refractivity contribution in [3.63, 3.8) is 0 Å². The molecule has 0 spiro atoms. The molecule has 0 aromatic heterocycles. The van der Waals surface area contributed by atoms with E-state index in [4.69, 9.17) is 4.74 Å². The van der Waals surface area contributed by atoms with Crippen LogP contribution in [0.5, 0.6) is 0 Å². The van der Waals surface area contributed by atoms with Crippen LogP contribution in [-0.2, 0) is 4.74 Å².